The van der Waals surface area contributed by atoms with Gasteiger partial charge in [0.2, 0.25) is 0 Å². The molecule has 1 heterocycles. The summed E-state index contributed by atoms with van der Waals surface area (Å²) < 4.78 is 11.2. The molecule has 1 rings (SSSR count). The van der Waals surface area contributed by atoms with Gasteiger partial charge in [-0.1, -0.05) is 28.7 Å². The number of ether oxygens (including phenoxy) is 2. The molecule has 1 saturated heterocycles. The van der Waals surface area contributed by atoms with E-state index in [1.165, 1.54) is 13.2 Å². The maximum Gasteiger partial charge on any atom is 0.333 e. The van der Waals surface area contributed by atoms with Crippen LogP contribution in [0.15, 0.2) is 24.5 Å². The second kappa shape index (κ2) is 6.15. The van der Waals surface area contributed by atoms with E-state index in [1.54, 1.807) is 0 Å². The maximum atomic E-state index is 11.1. The number of carbonyl (C=O) groups excluding carboxylic acids is 1. The second-order valence-corrected chi connectivity index (χ2v) is 4.30. The fraction of sp³-hybridized carbons (Fsp3) is 0.545. The summed E-state index contributed by atoms with van der Waals surface area (Å²) in [6.07, 6.45) is 5.31. The van der Waals surface area contributed by atoms with Crippen LogP contribution < -0.4 is 0 Å². The van der Waals surface area contributed by atoms with Crippen LogP contribution in [0.1, 0.15) is 12.8 Å². The zero-order valence-electron chi connectivity index (χ0n) is 8.74. The molecule has 1 aliphatic rings. The van der Waals surface area contributed by atoms with Crippen molar-refractivity contribution >= 4 is 28.6 Å². The van der Waals surface area contributed by atoms with Crippen molar-refractivity contribution in [2.24, 2.45) is 5.92 Å². The highest BCUT2D eigenvalue weighted by Crippen LogP contribution is 2.33. The average molecular weight is 322 g/mol. The fourth-order valence-electron chi connectivity index (χ4n) is 1.61. The molecule has 0 spiro atoms. The zero-order chi connectivity index (χ0) is 11.3. The lowest BCUT2D eigenvalue weighted by atomic mass is 9.99. The second-order valence-electron chi connectivity index (χ2n) is 3.42. The van der Waals surface area contributed by atoms with E-state index in [0.29, 0.717) is 0 Å². The summed E-state index contributed by atoms with van der Waals surface area (Å²) in [5, 5.41) is 0. The minimum Gasteiger partial charge on any atom is -0.493 e. The van der Waals surface area contributed by atoms with Crippen molar-refractivity contribution < 1.29 is 14.3 Å². The first-order valence-electron chi connectivity index (χ1n) is 4.84. The van der Waals surface area contributed by atoms with E-state index in [-0.39, 0.29) is 18.0 Å². The van der Waals surface area contributed by atoms with Gasteiger partial charge in [0.25, 0.3) is 0 Å². The van der Waals surface area contributed by atoms with Crippen LogP contribution in [0.5, 0.6) is 0 Å². The Bertz CT molecular complexity index is 273. The normalized spacial score (nSPS) is 27.5. The molecule has 0 amide bonds. The Balaban J connectivity index is 2.71. The fourth-order valence-corrected chi connectivity index (χ4v) is 2.14. The van der Waals surface area contributed by atoms with Gasteiger partial charge in [0, 0.05) is 10.3 Å². The Hall–Kier alpha value is -0.520. The van der Waals surface area contributed by atoms with Crippen LogP contribution >= 0.6 is 22.6 Å². The van der Waals surface area contributed by atoms with E-state index >= 15 is 0 Å². The summed E-state index contributed by atoms with van der Waals surface area (Å²) >= 11 is 2.29. The van der Waals surface area contributed by atoms with Crippen molar-refractivity contribution in [3.05, 3.63) is 24.5 Å². The third-order valence-electron chi connectivity index (χ3n) is 2.34. The van der Waals surface area contributed by atoms with E-state index in [1.807, 2.05) is 6.08 Å². The number of hydrogen-bond acceptors (Lipinski definition) is 3. The Morgan fingerprint density at radius 1 is 1.80 bits per heavy atom. The highest BCUT2D eigenvalue weighted by molar-refractivity contribution is 14.1. The number of alkyl halides is 1. The monoisotopic (exact) mass is 322 g/mol. The minimum absolute atomic E-state index is 0.214. The molecule has 84 valence electrons. The lowest BCUT2D eigenvalue weighted by molar-refractivity contribution is -0.135. The molecule has 2 unspecified atom stereocenters. The quantitative estimate of drug-likeness (QED) is 0.262. The lowest BCUT2D eigenvalue weighted by Crippen LogP contribution is -2.05. The molecule has 1 aliphatic heterocycles. The molecular weight excluding hydrogens is 307 g/mol. The number of rotatable bonds is 4. The first kappa shape index (κ1) is 12.5. The zero-order valence-corrected chi connectivity index (χ0v) is 10.9. The SMILES string of the molecule is C=CCC1CC(CI)O/C1=C/C(=O)OC. The van der Waals surface area contributed by atoms with Gasteiger partial charge in [-0.15, -0.1) is 6.58 Å². The molecule has 15 heavy (non-hydrogen) atoms. The molecule has 0 radical (unpaired) electrons. The van der Waals surface area contributed by atoms with Crippen molar-refractivity contribution in [1.82, 2.24) is 0 Å². The predicted octanol–water partition coefficient (Wildman–Crippen LogP) is 2.46. The molecule has 0 aromatic rings. The molecule has 0 aliphatic carbocycles. The van der Waals surface area contributed by atoms with E-state index in [2.05, 4.69) is 33.9 Å². The van der Waals surface area contributed by atoms with Crippen LogP contribution in [0.4, 0.5) is 0 Å². The lowest BCUT2D eigenvalue weighted by Gasteiger charge is -2.06. The molecule has 3 nitrogen and oxygen atoms in total. The summed E-state index contributed by atoms with van der Waals surface area (Å²) in [7, 11) is 1.37. The Morgan fingerprint density at radius 3 is 3.07 bits per heavy atom. The van der Waals surface area contributed by atoms with E-state index in [0.717, 1.165) is 23.0 Å². The predicted molar refractivity (Wildman–Crippen MR) is 66.8 cm³/mol. The van der Waals surface area contributed by atoms with Crippen molar-refractivity contribution in [2.75, 3.05) is 11.5 Å². The van der Waals surface area contributed by atoms with Crippen molar-refractivity contribution in [3.63, 3.8) is 0 Å². The highest BCUT2D eigenvalue weighted by Gasteiger charge is 2.29. The molecule has 2 atom stereocenters. The van der Waals surface area contributed by atoms with Gasteiger partial charge in [0.1, 0.15) is 11.9 Å². The van der Waals surface area contributed by atoms with Crippen molar-refractivity contribution in [1.29, 1.82) is 0 Å². The van der Waals surface area contributed by atoms with E-state index < -0.39 is 0 Å². The number of carbonyl (C=O) groups is 1. The third kappa shape index (κ3) is 3.52. The van der Waals surface area contributed by atoms with Crippen LogP contribution in [0.3, 0.4) is 0 Å². The minimum atomic E-state index is -0.354. The Kier molecular flexibility index (Phi) is 5.14. The molecule has 4 heteroatoms. The van der Waals surface area contributed by atoms with E-state index in [9.17, 15) is 4.79 Å². The molecule has 1 fully saturated rings. The largest absolute Gasteiger partial charge is 0.493 e. The van der Waals surface area contributed by atoms with Crippen LogP contribution in [-0.4, -0.2) is 23.6 Å². The van der Waals surface area contributed by atoms with Gasteiger partial charge in [-0.05, 0) is 12.8 Å². The number of hydrogen-bond donors (Lipinski definition) is 0. The van der Waals surface area contributed by atoms with Gasteiger partial charge in [-0.25, -0.2) is 4.79 Å². The summed E-state index contributed by atoms with van der Waals surface area (Å²) in [6, 6.07) is 0. The maximum absolute atomic E-state index is 11.1. The Morgan fingerprint density at radius 2 is 2.53 bits per heavy atom. The van der Waals surface area contributed by atoms with Gasteiger partial charge in [-0.3, -0.25) is 0 Å². The molecular formula is C11H15IO3. The standard InChI is InChI=1S/C11H15IO3/c1-3-4-8-5-9(7-12)15-10(8)6-11(13)14-2/h3,6,8-9H,1,4-5,7H2,2H3/b10-6+. The molecule has 0 N–H and O–H groups in total. The number of allylic oxidation sites excluding steroid dienone is 2. The first-order chi connectivity index (χ1) is 7.21. The van der Waals surface area contributed by atoms with Crippen molar-refractivity contribution in [3.8, 4) is 0 Å². The number of halogens is 1. The summed E-state index contributed by atoms with van der Waals surface area (Å²) in [5.74, 6) is 0.665. The van der Waals surface area contributed by atoms with Gasteiger partial charge >= 0.3 is 5.97 Å². The number of esters is 1. The van der Waals surface area contributed by atoms with E-state index in [4.69, 9.17) is 4.74 Å². The van der Waals surface area contributed by atoms with Crippen LogP contribution in [0.2, 0.25) is 0 Å². The van der Waals surface area contributed by atoms with Gasteiger partial charge in [0.05, 0.1) is 13.2 Å². The van der Waals surface area contributed by atoms with Crippen LogP contribution in [-0.2, 0) is 14.3 Å². The Labute approximate surface area is 104 Å². The van der Waals surface area contributed by atoms with Gasteiger partial charge in [0.15, 0.2) is 0 Å². The first-order valence-corrected chi connectivity index (χ1v) is 6.36. The topological polar surface area (TPSA) is 35.5 Å². The summed E-state index contributed by atoms with van der Waals surface area (Å²) in [4.78, 5) is 11.1. The summed E-state index contributed by atoms with van der Waals surface area (Å²) in [6.45, 7) is 3.71. The molecule has 0 saturated carbocycles. The van der Waals surface area contributed by atoms with Crippen LogP contribution in [0, 0.1) is 5.92 Å². The molecule has 0 aromatic carbocycles. The molecule has 0 bridgehead atoms. The number of methoxy groups -OCH3 is 1. The van der Waals surface area contributed by atoms with Gasteiger partial charge < -0.3 is 9.47 Å². The third-order valence-corrected chi connectivity index (χ3v) is 3.32. The highest BCUT2D eigenvalue weighted by atomic mass is 127. The van der Waals surface area contributed by atoms with Crippen molar-refractivity contribution in [2.45, 2.75) is 18.9 Å². The van der Waals surface area contributed by atoms with Crippen LogP contribution in [0.25, 0.3) is 0 Å². The molecule has 0 aromatic heterocycles. The summed E-state index contributed by atoms with van der Waals surface area (Å²) in [5.41, 5.74) is 0. The smallest absolute Gasteiger partial charge is 0.333 e. The average Bonchev–Trinajstić information content (AvgIpc) is 2.61. The van der Waals surface area contributed by atoms with Gasteiger partial charge in [-0.2, -0.15) is 0 Å².